The van der Waals surface area contributed by atoms with E-state index in [9.17, 15) is 0 Å². The number of hydrogen-bond acceptors (Lipinski definition) is 4. The van der Waals surface area contributed by atoms with Crippen LogP contribution in [0.15, 0.2) is 158 Å². The molecule has 46 heavy (non-hydrogen) atoms. The maximum absolute atomic E-state index is 6.96. The van der Waals surface area contributed by atoms with Gasteiger partial charge < -0.3 is 9.47 Å². The summed E-state index contributed by atoms with van der Waals surface area (Å²) >= 11 is 6.93. The molecule has 0 aliphatic carbocycles. The van der Waals surface area contributed by atoms with Crippen molar-refractivity contribution in [2.45, 2.75) is 0 Å². The van der Waals surface area contributed by atoms with Crippen LogP contribution in [-0.4, -0.2) is 4.98 Å². The number of fused-ring (bicyclic) bond motifs is 4. The Balaban J connectivity index is 1.27. The molecule has 0 radical (unpaired) electrons. The van der Waals surface area contributed by atoms with E-state index in [0.717, 1.165) is 83.5 Å². The first kappa shape index (κ1) is 27.1. The Bertz CT molecular complexity index is 2320. The van der Waals surface area contributed by atoms with Crippen LogP contribution in [0.1, 0.15) is 0 Å². The van der Waals surface area contributed by atoms with Gasteiger partial charge in [-0.15, -0.1) is 0 Å². The predicted molar refractivity (Wildman–Crippen MR) is 192 cm³/mol. The lowest BCUT2D eigenvalue weighted by Gasteiger charge is -2.38. The number of ether oxygens (including phenoxy) is 2. The van der Waals surface area contributed by atoms with Crippen molar-refractivity contribution >= 4 is 33.8 Å². The summed E-state index contributed by atoms with van der Waals surface area (Å²) in [5.74, 6) is 3.15. The third-order valence-corrected chi connectivity index (χ3v) is 13.7. The van der Waals surface area contributed by atoms with Gasteiger partial charge in [0, 0.05) is 27.9 Å². The normalized spacial score (nSPS) is 15.5. The van der Waals surface area contributed by atoms with Gasteiger partial charge in [-0.2, -0.15) is 0 Å². The highest BCUT2D eigenvalue weighted by atomic mass is 32.4. The number of hydrogen-bond donors (Lipinski definition) is 0. The minimum Gasteiger partial charge on any atom is -0.456 e. The minimum absolute atomic E-state index is 0.762. The average molecular weight is 628 g/mol. The van der Waals surface area contributed by atoms with Gasteiger partial charge in [-0.1, -0.05) is 109 Å². The molecule has 7 aromatic rings. The van der Waals surface area contributed by atoms with Gasteiger partial charge in [0.1, 0.15) is 23.0 Å². The van der Waals surface area contributed by atoms with Crippen LogP contribution in [-0.2, 0) is 11.8 Å². The van der Waals surface area contributed by atoms with E-state index in [4.69, 9.17) is 21.3 Å². The summed E-state index contributed by atoms with van der Waals surface area (Å²) in [6.45, 7) is 0. The fourth-order valence-electron chi connectivity index (χ4n) is 6.58. The van der Waals surface area contributed by atoms with Gasteiger partial charge in [0.25, 0.3) is 0 Å². The highest BCUT2D eigenvalue weighted by molar-refractivity contribution is 8.26. The smallest absolute Gasteiger partial charge is 0.148 e. The Morgan fingerprint density at radius 2 is 1.07 bits per heavy atom. The van der Waals surface area contributed by atoms with Crippen molar-refractivity contribution < 1.29 is 9.47 Å². The van der Waals surface area contributed by atoms with Crippen molar-refractivity contribution in [3.8, 4) is 67.6 Å². The highest BCUT2D eigenvalue weighted by Crippen LogP contribution is 2.60. The Hall–Kier alpha value is -5.28. The lowest BCUT2D eigenvalue weighted by molar-refractivity contribution is 0.468. The van der Waals surface area contributed by atoms with Crippen molar-refractivity contribution in [2.24, 2.45) is 0 Å². The predicted octanol–water partition coefficient (Wildman–Crippen LogP) is 9.72. The van der Waals surface area contributed by atoms with E-state index in [0.29, 0.717) is 0 Å². The maximum atomic E-state index is 6.96. The number of benzene rings is 6. The van der Waals surface area contributed by atoms with Crippen molar-refractivity contribution in [1.82, 2.24) is 4.98 Å². The monoisotopic (exact) mass is 627 g/mol. The van der Waals surface area contributed by atoms with Gasteiger partial charge in [0.15, 0.2) is 0 Å². The number of nitrogens with zero attached hydrogens (tertiary/aromatic N) is 1. The highest BCUT2D eigenvalue weighted by Gasteiger charge is 2.43. The van der Waals surface area contributed by atoms with Crippen molar-refractivity contribution in [3.05, 3.63) is 158 Å². The van der Waals surface area contributed by atoms with E-state index in [1.54, 1.807) is 0 Å². The third kappa shape index (κ3) is 4.26. The van der Waals surface area contributed by atoms with Crippen LogP contribution in [0, 0.1) is 0 Å². The molecule has 2 aliphatic heterocycles. The SMILES string of the molecule is S=P12c3ccc(-c4ccccc4)cc3Oc3ccc(-c4cccc(-c5ccccn5)c4)c(c31)Oc1cc(-c3ccccc3)ccc12. The van der Waals surface area contributed by atoms with Gasteiger partial charge in [0.2, 0.25) is 0 Å². The van der Waals surface area contributed by atoms with Crippen LogP contribution in [0.3, 0.4) is 0 Å². The van der Waals surface area contributed by atoms with Crippen molar-refractivity contribution in [3.63, 3.8) is 0 Å². The molecule has 5 heteroatoms. The summed E-state index contributed by atoms with van der Waals surface area (Å²) in [5, 5.41) is 3.07. The molecule has 1 atom stereocenters. The summed E-state index contributed by atoms with van der Waals surface area (Å²) in [6, 6.07) is 49.8. The fourth-order valence-corrected chi connectivity index (χ4v) is 11.0. The number of rotatable bonds is 4. The molecule has 1 unspecified atom stereocenters. The molecule has 0 spiro atoms. The van der Waals surface area contributed by atoms with Crippen molar-refractivity contribution in [1.29, 1.82) is 0 Å². The minimum atomic E-state index is -2.58. The Kier molecular flexibility index (Phi) is 6.28. The summed E-state index contributed by atoms with van der Waals surface area (Å²) in [5.41, 5.74) is 8.44. The zero-order valence-electron chi connectivity index (χ0n) is 24.6. The second kappa shape index (κ2) is 10.7. The topological polar surface area (TPSA) is 31.4 Å². The maximum Gasteiger partial charge on any atom is 0.148 e. The molecule has 0 bridgehead atoms. The van der Waals surface area contributed by atoms with Gasteiger partial charge in [-0.05, 0) is 82.4 Å². The third-order valence-electron chi connectivity index (χ3n) is 8.79. The van der Waals surface area contributed by atoms with E-state index < -0.39 is 6.04 Å². The molecule has 0 amide bonds. The summed E-state index contributed by atoms with van der Waals surface area (Å²) < 4.78 is 13.7. The second-order valence-corrected chi connectivity index (χ2v) is 15.8. The first-order chi connectivity index (χ1) is 22.7. The molecule has 0 N–H and O–H groups in total. The number of pyridine rings is 1. The Labute approximate surface area is 272 Å². The molecular formula is C41H26NO2PS. The lowest BCUT2D eigenvalue weighted by atomic mass is 10.00. The average Bonchev–Trinajstić information content (AvgIpc) is 3.12. The molecule has 1 aromatic heterocycles. The molecule has 2 aliphatic rings. The first-order valence-electron chi connectivity index (χ1n) is 15.2. The van der Waals surface area contributed by atoms with Crippen LogP contribution in [0.2, 0.25) is 0 Å². The van der Waals surface area contributed by atoms with E-state index in [2.05, 4.69) is 126 Å². The summed E-state index contributed by atoms with van der Waals surface area (Å²) in [4.78, 5) is 4.59. The molecule has 0 fully saturated rings. The molecular weight excluding hydrogens is 601 g/mol. The Morgan fingerprint density at radius 3 is 1.72 bits per heavy atom. The van der Waals surface area contributed by atoms with Gasteiger partial charge in [0.05, 0.1) is 17.0 Å². The number of aromatic nitrogens is 1. The van der Waals surface area contributed by atoms with Gasteiger partial charge in [-0.3, -0.25) is 4.98 Å². The van der Waals surface area contributed by atoms with E-state index in [1.165, 1.54) is 0 Å². The standard InChI is InChI=1S/C41H26NO2PS/c46-45-38-21-17-29(27-10-3-1-4-11-27)25-36(38)43-35-20-19-33(31-14-9-15-32(24-31)34-16-7-8-23-42-34)40(41(35)45)44-37-26-30(18-22-39(37)45)28-12-5-2-6-13-28/h1-26H. The van der Waals surface area contributed by atoms with E-state index in [1.807, 2.05) is 36.5 Å². The second-order valence-electron chi connectivity index (χ2n) is 11.5. The van der Waals surface area contributed by atoms with Crippen LogP contribution in [0.5, 0.6) is 23.0 Å². The molecule has 0 saturated heterocycles. The van der Waals surface area contributed by atoms with Gasteiger partial charge >= 0.3 is 0 Å². The first-order valence-corrected chi connectivity index (χ1v) is 18.0. The lowest BCUT2D eigenvalue weighted by Crippen LogP contribution is -2.35. The molecule has 0 saturated carbocycles. The Morgan fingerprint density at radius 1 is 0.457 bits per heavy atom. The van der Waals surface area contributed by atoms with E-state index in [-0.39, 0.29) is 0 Å². The molecule has 3 nitrogen and oxygen atoms in total. The van der Waals surface area contributed by atoms with Crippen LogP contribution in [0.25, 0.3) is 44.6 Å². The van der Waals surface area contributed by atoms with Crippen LogP contribution >= 0.6 is 6.04 Å². The largest absolute Gasteiger partial charge is 0.456 e. The summed E-state index contributed by atoms with van der Waals surface area (Å²) in [6.07, 6.45) is 1.82. The quantitative estimate of drug-likeness (QED) is 0.182. The molecule has 3 heterocycles. The fraction of sp³-hybridized carbons (Fsp3) is 0. The summed E-state index contributed by atoms with van der Waals surface area (Å²) in [7, 11) is 0. The van der Waals surface area contributed by atoms with Gasteiger partial charge in [-0.25, -0.2) is 0 Å². The van der Waals surface area contributed by atoms with Crippen molar-refractivity contribution in [2.75, 3.05) is 0 Å². The van der Waals surface area contributed by atoms with E-state index >= 15 is 0 Å². The van der Waals surface area contributed by atoms with Crippen LogP contribution < -0.4 is 25.4 Å². The molecule has 218 valence electrons. The molecule has 6 aromatic carbocycles. The van der Waals surface area contributed by atoms with Crippen LogP contribution in [0.4, 0.5) is 0 Å². The zero-order chi connectivity index (χ0) is 30.7. The zero-order valence-corrected chi connectivity index (χ0v) is 26.3. The molecule has 9 rings (SSSR count).